The van der Waals surface area contributed by atoms with Crippen molar-refractivity contribution in [3.63, 3.8) is 0 Å². The van der Waals surface area contributed by atoms with Crippen molar-refractivity contribution in [1.29, 1.82) is 0 Å². The monoisotopic (exact) mass is 240 g/mol. The van der Waals surface area contributed by atoms with Crippen LogP contribution in [0.2, 0.25) is 0 Å². The minimum atomic E-state index is 0.505. The molecule has 0 amide bonds. The Morgan fingerprint density at radius 3 is 2.88 bits per heavy atom. The van der Waals surface area contributed by atoms with Crippen LogP contribution in [0.3, 0.4) is 0 Å². The van der Waals surface area contributed by atoms with Gasteiger partial charge in [-0.05, 0) is 38.3 Å². The molecule has 1 N–H and O–H groups in total. The number of nitrogens with one attached hydrogen (secondary N) is 1. The largest absolute Gasteiger partial charge is 0.383 e. The Labute approximate surface area is 106 Å². The van der Waals surface area contributed by atoms with Gasteiger partial charge in [-0.3, -0.25) is 4.90 Å². The molecule has 17 heavy (non-hydrogen) atoms. The minimum Gasteiger partial charge on any atom is -0.383 e. The summed E-state index contributed by atoms with van der Waals surface area (Å²) in [5, 5.41) is 3.54. The first-order valence-corrected chi connectivity index (χ1v) is 7.31. The van der Waals surface area contributed by atoms with Crippen LogP contribution >= 0.6 is 0 Å². The minimum absolute atomic E-state index is 0.505. The zero-order valence-electron chi connectivity index (χ0n) is 11.5. The molecule has 0 bridgehead atoms. The van der Waals surface area contributed by atoms with Crippen LogP contribution < -0.4 is 5.32 Å². The fourth-order valence-corrected chi connectivity index (χ4v) is 3.68. The smallest absolute Gasteiger partial charge is 0.0628 e. The lowest BCUT2D eigenvalue weighted by Crippen LogP contribution is -2.46. The predicted octanol–water partition coefficient (Wildman–Crippen LogP) is 1.88. The van der Waals surface area contributed by atoms with Gasteiger partial charge < -0.3 is 10.1 Å². The van der Waals surface area contributed by atoms with Crippen molar-refractivity contribution in [3.05, 3.63) is 0 Å². The summed E-state index contributed by atoms with van der Waals surface area (Å²) in [4.78, 5) is 2.72. The van der Waals surface area contributed by atoms with Crippen molar-refractivity contribution in [2.45, 2.75) is 51.1 Å². The number of methoxy groups -OCH3 is 1. The lowest BCUT2D eigenvalue weighted by molar-refractivity contribution is 0.119. The molecule has 3 unspecified atom stereocenters. The van der Waals surface area contributed by atoms with Crippen LogP contribution in [-0.4, -0.2) is 50.3 Å². The van der Waals surface area contributed by atoms with E-state index in [1.807, 2.05) is 0 Å². The molecule has 1 heterocycles. The zero-order valence-corrected chi connectivity index (χ0v) is 11.5. The van der Waals surface area contributed by atoms with Crippen molar-refractivity contribution in [2.24, 2.45) is 5.92 Å². The number of likely N-dealkylation sites (N-methyl/N-ethyl adjacent to an activating group) is 1. The average molecular weight is 240 g/mol. The Hall–Kier alpha value is -0.120. The number of rotatable bonds is 6. The van der Waals surface area contributed by atoms with E-state index in [0.717, 1.165) is 25.1 Å². The van der Waals surface area contributed by atoms with Crippen LogP contribution in [0.5, 0.6) is 0 Å². The Morgan fingerprint density at radius 1 is 1.29 bits per heavy atom. The molecule has 3 nitrogen and oxygen atoms in total. The van der Waals surface area contributed by atoms with Crippen LogP contribution in [0.4, 0.5) is 0 Å². The molecule has 0 spiro atoms. The van der Waals surface area contributed by atoms with Crippen LogP contribution in [0, 0.1) is 5.92 Å². The van der Waals surface area contributed by atoms with E-state index in [-0.39, 0.29) is 0 Å². The molecular weight excluding hydrogens is 212 g/mol. The second-order valence-electron chi connectivity index (χ2n) is 5.61. The summed E-state index contributed by atoms with van der Waals surface area (Å²) in [6, 6.07) is 1.38. The van der Waals surface area contributed by atoms with Crippen molar-refractivity contribution in [2.75, 3.05) is 33.4 Å². The van der Waals surface area contributed by atoms with Crippen molar-refractivity contribution < 1.29 is 4.74 Å². The molecule has 1 saturated carbocycles. The van der Waals surface area contributed by atoms with Gasteiger partial charge in [0.05, 0.1) is 6.61 Å². The van der Waals surface area contributed by atoms with Crippen molar-refractivity contribution >= 4 is 0 Å². The standard InChI is InChI=1S/C14H28N2O/c1-3-15-13(11-17-2)10-16-9-8-12-6-4-5-7-14(12)16/h12-15H,3-11H2,1-2H3. The molecule has 2 fully saturated rings. The molecule has 1 aliphatic heterocycles. The molecule has 0 radical (unpaired) electrons. The highest BCUT2D eigenvalue weighted by molar-refractivity contribution is 4.91. The van der Waals surface area contributed by atoms with Gasteiger partial charge in [0.1, 0.15) is 0 Å². The number of likely N-dealkylation sites (tertiary alicyclic amines) is 1. The summed E-state index contributed by atoms with van der Waals surface area (Å²) in [6.45, 7) is 6.53. The molecular formula is C14H28N2O. The molecule has 3 atom stereocenters. The van der Waals surface area contributed by atoms with Gasteiger partial charge >= 0.3 is 0 Å². The second-order valence-corrected chi connectivity index (χ2v) is 5.61. The maximum Gasteiger partial charge on any atom is 0.0628 e. The number of hydrogen-bond acceptors (Lipinski definition) is 3. The molecule has 3 heteroatoms. The second kappa shape index (κ2) is 6.72. The van der Waals surface area contributed by atoms with E-state index in [1.54, 1.807) is 7.11 Å². The molecule has 1 aliphatic carbocycles. The van der Waals surface area contributed by atoms with Crippen LogP contribution in [-0.2, 0) is 4.74 Å². The molecule has 0 aromatic rings. The van der Waals surface area contributed by atoms with Gasteiger partial charge in [0.15, 0.2) is 0 Å². The Morgan fingerprint density at radius 2 is 2.12 bits per heavy atom. The van der Waals surface area contributed by atoms with Gasteiger partial charge in [-0.25, -0.2) is 0 Å². The maximum absolute atomic E-state index is 5.31. The Balaban J connectivity index is 1.84. The van der Waals surface area contributed by atoms with Crippen LogP contribution in [0.1, 0.15) is 39.0 Å². The van der Waals surface area contributed by atoms with Crippen LogP contribution in [0.15, 0.2) is 0 Å². The van der Waals surface area contributed by atoms with Crippen molar-refractivity contribution in [3.8, 4) is 0 Å². The summed E-state index contributed by atoms with van der Waals surface area (Å²) < 4.78 is 5.31. The van der Waals surface area contributed by atoms with E-state index in [2.05, 4.69) is 17.1 Å². The molecule has 2 aliphatic rings. The highest BCUT2D eigenvalue weighted by Crippen LogP contribution is 2.35. The molecule has 1 saturated heterocycles. The normalized spacial score (nSPS) is 31.4. The van der Waals surface area contributed by atoms with Crippen molar-refractivity contribution in [1.82, 2.24) is 10.2 Å². The van der Waals surface area contributed by atoms with E-state index < -0.39 is 0 Å². The quantitative estimate of drug-likeness (QED) is 0.767. The fourth-order valence-electron chi connectivity index (χ4n) is 3.68. The third-order valence-electron chi connectivity index (χ3n) is 4.44. The molecule has 2 rings (SSSR count). The maximum atomic E-state index is 5.31. The number of ether oxygens (including phenoxy) is 1. The lowest BCUT2D eigenvalue weighted by Gasteiger charge is -2.34. The number of fused-ring (bicyclic) bond motifs is 1. The van der Waals surface area contributed by atoms with E-state index in [1.165, 1.54) is 45.2 Å². The molecule has 0 aromatic heterocycles. The summed E-state index contributed by atoms with van der Waals surface area (Å²) >= 11 is 0. The third-order valence-corrected chi connectivity index (χ3v) is 4.44. The third kappa shape index (κ3) is 3.43. The van der Waals surface area contributed by atoms with E-state index in [4.69, 9.17) is 4.74 Å². The topological polar surface area (TPSA) is 24.5 Å². The van der Waals surface area contributed by atoms with E-state index >= 15 is 0 Å². The first kappa shape index (κ1) is 13.3. The number of nitrogens with zero attached hydrogens (tertiary/aromatic N) is 1. The summed E-state index contributed by atoms with van der Waals surface area (Å²) in [5.74, 6) is 0.994. The lowest BCUT2D eigenvalue weighted by atomic mass is 9.85. The van der Waals surface area contributed by atoms with Gasteiger partial charge in [0.25, 0.3) is 0 Å². The predicted molar refractivity (Wildman–Crippen MR) is 71.3 cm³/mol. The van der Waals surface area contributed by atoms with Gasteiger partial charge in [0.2, 0.25) is 0 Å². The zero-order chi connectivity index (χ0) is 12.1. The van der Waals surface area contributed by atoms with Gasteiger partial charge in [0, 0.05) is 25.7 Å². The summed E-state index contributed by atoms with van der Waals surface area (Å²) in [7, 11) is 1.80. The van der Waals surface area contributed by atoms with Crippen LogP contribution in [0.25, 0.3) is 0 Å². The van der Waals surface area contributed by atoms with E-state index in [9.17, 15) is 0 Å². The van der Waals surface area contributed by atoms with Gasteiger partial charge in [-0.2, -0.15) is 0 Å². The number of hydrogen-bond donors (Lipinski definition) is 1. The van der Waals surface area contributed by atoms with Gasteiger partial charge in [-0.1, -0.05) is 19.8 Å². The first-order valence-electron chi connectivity index (χ1n) is 7.31. The summed E-state index contributed by atoms with van der Waals surface area (Å²) in [5.41, 5.74) is 0. The molecule has 0 aromatic carbocycles. The van der Waals surface area contributed by atoms with E-state index in [0.29, 0.717) is 6.04 Å². The Bertz CT molecular complexity index is 216. The Kier molecular flexibility index (Phi) is 5.26. The van der Waals surface area contributed by atoms with Gasteiger partial charge in [-0.15, -0.1) is 0 Å². The summed E-state index contributed by atoms with van der Waals surface area (Å²) in [6.07, 6.45) is 7.22. The highest BCUT2D eigenvalue weighted by atomic mass is 16.5. The fraction of sp³-hybridized carbons (Fsp3) is 1.00. The average Bonchev–Trinajstić information content (AvgIpc) is 2.74. The SMILES string of the molecule is CCNC(COC)CN1CCC2CCCCC21. The molecule has 100 valence electrons. The first-order chi connectivity index (χ1) is 8.35. The highest BCUT2D eigenvalue weighted by Gasteiger charge is 2.36.